The number of aliphatic imine (C=N–C) groups is 1. The highest BCUT2D eigenvalue weighted by Crippen LogP contribution is 2.59. The Labute approximate surface area is 251 Å². The number of fused-ring (bicyclic) bond motifs is 2. The summed E-state index contributed by atoms with van der Waals surface area (Å²) in [4.78, 5) is 45.9. The molecule has 4 heterocycles. The molecule has 5 aliphatic rings. The number of aryl methyl sites for hydroxylation is 1. The zero-order chi connectivity index (χ0) is 29.7. The van der Waals surface area contributed by atoms with Crippen LogP contribution in [0.5, 0.6) is 5.75 Å². The molecule has 2 aromatic rings. The van der Waals surface area contributed by atoms with Crippen LogP contribution in [-0.4, -0.2) is 71.7 Å². The van der Waals surface area contributed by atoms with Crippen LogP contribution in [-0.2, 0) is 27.4 Å². The zero-order valence-corrected chi connectivity index (χ0v) is 24.6. The average Bonchev–Trinajstić information content (AvgIpc) is 3.45. The lowest BCUT2D eigenvalue weighted by Crippen LogP contribution is -2.52. The lowest BCUT2D eigenvalue weighted by atomic mass is 9.91. The van der Waals surface area contributed by atoms with Gasteiger partial charge in [0.05, 0.1) is 12.3 Å². The fourth-order valence-corrected chi connectivity index (χ4v) is 7.37. The zero-order valence-electron chi connectivity index (χ0n) is 24.6. The van der Waals surface area contributed by atoms with Crippen LogP contribution >= 0.6 is 0 Å². The van der Waals surface area contributed by atoms with Crippen molar-refractivity contribution >= 4 is 29.1 Å². The van der Waals surface area contributed by atoms with Crippen molar-refractivity contribution in [3.63, 3.8) is 0 Å². The van der Waals surface area contributed by atoms with Crippen molar-refractivity contribution < 1.29 is 23.9 Å². The van der Waals surface area contributed by atoms with E-state index in [1.165, 1.54) is 11.1 Å². The van der Waals surface area contributed by atoms with E-state index in [9.17, 15) is 14.4 Å². The minimum Gasteiger partial charge on any atom is -0.489 e. The van der Waals surface area contributed by atoms with Crippen LogP contribution < -0.4 is 10.1 Å². The number of nitrogens with zero attached hydrogens (tertiary/aromatic N) is 3. The van der Waals surface area contributed by atoms with E-state index in [2.05, 4.69) is 41.9 Å². The Bertz CT molecular complexity index is 1530. The number of piperidine rings is 1. The lowest BCUT2D eigenvalue weighted by Gasteiger charge is -2.29. The van der Waals surface area contributed by atoms with Crippen molar-refractivity contribution in [3.8, 4) is 5.75 Å². The summed E-state index contributed by atoms with van der Waals surface area (Å²) < 4.78 is 12.0. The highest BCUT2D eigenvalue weighted by molar-refractivity contribution is 6.05. The van der Waals surface area contributed by atoms with E-state index in [1.807, 2.05) is 18.2 Å². The van der Waals surface area contributed by atoms with Gasteiger partial charge in [-0.15, -0.1) is 0 Å². The molecule has 4 fully saturated rings. The second-order valence-electron chi connectivity index (χ2n) is 12.7. The number of likely N-dealkylation sites (tertiary alicyclic amines) is 1. The Morgan fingerprint density at radius 3 is 2.88 bits per heavy atom. The molecule has 0 spiro atoms. The van der Waals surface area contributed by atoms with Crippen molar-refractivity contribution in [2.45, 2.75) is 64.3 Å². The summed E-state index contributed by atoms with van der Waals surface area (Å²) in [5.74, 6) is 0.462. The van der Waals surface area contributed by atoms with Crippen LogP contribution in [0.25, 0.3) is 0 Å². The summed E-state index contributed by atoms with van der Waals surface area (Å²) in [6.07, 6.45) is 5.71. The molecule has 2 aromatic carbocycles. The highest BCUT2D eigenvalue weighted by atomic mass is 16.5. The van der Waals surface area contributed by atoms with E-state index < -0.39 is 11.9 Å². The molecule has 0 bridgehead atoms. The quantitative estimate of drug-likeness (QED) is 0.372. The molecule has 43 heavy (non-hydrogen) atoms. The molecule has 1 N–H and O–H groups in total. The molecule has 1 saturated carbocycles. The monoisotopic (exact) mass is 582 g/mol. The van der Waals surface area contributed by atoms with Crippen LogP contribution in [0.4, 0.5) is 5.69 Å². The smallest absolute Gasteiger partial charge is 0.255 e. The first-order valence-corrected chi connectivity index (χ1v) is 15.4. The first-order valence-electron chi connectivity index (χ1n) is 15.4. The molecule has 3 amide bonds. The molecule has 224 valence electrons. The number of amides is 3. The van der Waals surface area contributed by atoms with Gasteiger partial charge in [-0.25, -0.2) is 0 Å². The number of carbonyl (C=O) groups excluding carboxylic acids is 3. The number of nitrogens with one attached hydrogen (secondary N) is 1. The Kier molecular flexibility index (Phi) is 7.18. The molecule has 4 atom stereocenters. The Morgan fingerprint density at radius 2 is 2.09 bits per heavy atom. The maximum Gasteiger partial charge on any atom is 0.255 e. The molecular weight excluding hydrogens is 544 g/mol. The van der Waals surface area contributed by atoms with Gasteiger partial charge >= 0.3 is 0 Å². The molecule has 9 nitrogen and oxygen atoms in total. The normalized spacial score (nSPS) is 28.9. The minimum absolute atomic E-state index is 0.0618. The summed E-state index contributed by atoms with van der Waals surface area (Å²) in [5.41, 5.74) is 6.16. The van der Waals surface area contributed by atoms with Crippen molar-refractivity contribution in [2.24, 2.45) is 16.3 Å². The maximum atomic E-state index is 13.0. The average molecular weight is 583 g/mol. The molecule has 7 rings (SSSR count). The summed E-state index contributed by atoms with van der Waals surface area (Å²) >= 11 is 0. The van der Waals surface area contributed by atoms with E-state index in [0.717, 1.165) is 74.8 Å². The second kappa shape index (κ2) is 11.0. The third-order valence-electron chi connectivity index (χ3n) is 9.88. The Hall–Kier alpha value is -3.82. The van der Waals surface area contributed by atoms with E-state index in [4.69, 9.17) is 14.5 Å². The van der Waals surface area contributed by atoms with Crippen LogP contribution in [0.1, 0.15) is 59.2 Å². The number of hydrogen-bond donors (Lipinski definition) is 1. The van der Waals surface area contributed by atoms with Gasteiger partial charge in [0.2, 0.25) is 11.8 Å². The maximum absolute atomic E-state index is 13.0. The molecular formula is C34H38N4O5. The summed E-state index contributed by atoms with van der Waals surface area (Å²) in [6, 6.07) is 11.5. The van der Waals surface area contributed by atoms with Gasteiger partial charge in [-0.2, -0.15) is 0 Å². The third kappa shape index (κ3) is 5.29. The van der Waals surface area contributed by atoms with Crippen LogP contribution in [0, 0.1) is 18.3 Å². The number of benzene rings is 2. The number of allylic oxidation sites excluding steroid dienone is 1. The fraction of sp³-hybridized carbons (Fsp3) is 0.471. The molecule has 3 saturated heterocycles. The number of rotatable bonds is 8. The Balaban J connectivity index is 0.954. The van der Waals surface area contributed by atoms with Gasteiger partial charge in [0.25, 0.3) is 5.91 Å². The molecule has 4 aliphatic heterocycles. The predicted molar refractivity (Wildman–Crippen MR) is 161 cm³/mol. The van der Waals surface area contributed by atoms with Gasteiger partial charge in [0.1, 0.15) is 17.9 Å². The van der Waals surface area contributed by atoms with Crippen LogP contribution in [0.3, 0.4) is 0 Å². The van der Waals surface area contributed by atoms with Gasteiger partial charge in [0, 0.05) is 55.9 Å². The van der Waals surface area contributed by atoms with E-state index >= 15 is 0 Å². The number of ether oxygens (including phenoxy) is 2. The van der Waals surface area contributed by atoms with Crippen molar-refractivity contribution in [3.05, 3.63) is 71.3 Å². The van der Waals surface area contributed by atoms with Gasteiger partial charge < -0.3 is 14.4 Å². The van der Waals surface area contributed by atoms with E-state index in [0.29, 0.717) is 24.4 Å². The highest BCUT2D eigenvalue weighted by Gasteiger charge is 2.58. The molecule has 3 unspecified atom stereocenters. The first-order chi connectivity index (χ1) is 20.8. The predicted octanol–water partition coefficient (Wildman–Crippen LogP) is 4.09. The Morgan fingerprint density at radius 1 is 1.21 bits per heavy atom. The molecule has 1 aliphatic carbocycles. The topological polar surface area (TPSA) is 101 Å². The van der Waals surface area contributed by atoms with Gasteiger partial charge in [-0.3, -0.25) is 29.6 Å². The van der Waals surface area contributed by atoms with Crippen LogP contribution in [0.15, 0.2) is 54.0 Å². The van der Waals surface area contributed by atoms with Crippen molar-refractivity contribution in [2.75, 3.05) is 26.3 Å². The number of hydrogen-bond acceptors (Lipinski definition) is 7. The summed E-state index contributed by atoms with van der Waals surface area (Å²) in [6.45, 7) is 10.8. The number of imide groups is 1. The van der Waals surface area contributed by atoms with Crippen molar-refractivity contribution in [1.29, 1.82) is 0 Å². The van der Waals surface area contributed by atoms with Gasteiger partial charge in [-0.1, -0.05) is 18.7 Å². The van der Waals surface area contributed by atoms with E-state index in [1.54, 1.807) is 11.0 Å². The minimum atomic E-state index is -0.615. The number of carbonyl (C=O) groups is 3. The van der Waals surface area contributed by atoms with Crippen molar-refractivity contribution in [1.82, 2.24) is 15.1 Å². The van der Waals surface area contributed by atoms with Crippen LogP contribution in [0.2, 0.25) is 0 Å². The molecule has 0 aromatic heterocycles. The summed E-state index contributed by atoms with van der Waals surface area (Å²) in [5, 5.41) is 2.35. The third-order valence-corrected chi connectivity index (χ3v) is 9.88. The van der Waals surface area contributed by atoms with Gasteiger partial charge in [0.15, 0.2) is 0 Å². The largest absolute Gasteiger partial charge is 0.489 e. The first kappa shape index (κ1) is 28.0. The molecule has 0 radical (unpaired) electrons. The van der Waals surface area contributed by atoms with Gasteiger partial charge in [-0.05, 0) is 85.6 Å². The lowest BCUT2D eigenvalue weighted by molar-refractivity contribution is -0.136. The SMILES string of the molecule is C=CC(=Nc1ccc(CN2CC[C@H](Oc3ccc4c(c3)CN(C3CCC(=O)NC3=O)C4=O)C2)cc1C)C12CCOCC1C2. The second-order valence-corrected chi connectivity index (χ2v) is 12.7. The summed E-state index contributed by atoms with van der Waals surface area (Å²) in [7, 11) is 0. The van der Waals surface area contributed by atoms with E-state index in [-0.39, 0.29) is 29.8 Å². The standard InChI is InChI=1S/C34H38N4O5/c1-3-30(34-11-13-42-20-24(34)16-34)35-28-7-4-22(14-21(28)2)17-37-12-10-26(19-37)43-25-5-6-27-23(15-25)18-38(33(27)41)29-8-9-31(39)36-32(29)40/h3-7,14-15,24,26,29H,1,8-13,16-20H2,2H3,(H,36,39,40)/t24?,26-,29?,34?/m0/s1. The fourth-order valence-electron chi connectivity index (χ4n) is 7.37. The molecule has 9 heteroatoms.